The number of rotatable bonds is 7. The molecule has 0 bridgehead atoms. The number of ether oxygens (including phenoxy) is 1. The monoisotopic (exact) mass is 358 g/mol. The minimum atomic E-state index is -0.273. The summed E-state index contributed by atoms with van der Waals surface area (Å²) in [5, 5.41) is 10.3. The van der Waals surface area contributed by atoms with E-state index < -0.39 is 0 Å². The number of benzene rings is 1. The van der Waals surface area contributed by atoms with E-state index >= 15 is 0 Å². The van der Waals surface area contributed by atoms with E-state index in [0.29, 0.717) is 13.0 Å². The number of hydrogen-bond donors (Lipinski definition) is 1. The molecule has 0 radical (unpaired) electrons. The Balaban J connectivity index is 1.95. The molecule has 2 aromatic heterocycles. The number of aromatic amines is 1. The number of aromatic nitrogens is 4. The third-order valence-corrected chi connectivity index (χ3v) is 5.35. The number of carbonyl (C=O) groups is 1. The van der Waals surface area contributed by atoms with Crippen molar-refractivity contribution in [3.63, 3.8) is 0 Å². The van der Waals surface area contributed by atoms with Crippen LogP contribution in [-0.2, 0) is 16.1 Å². The molecule has 2 heterocycles. The van der Waals surface area contributed by atoms with Gasteiger partial charge in [-0.3, -0.25) is 4.79 Å². The summed E-state index contributed by atoms with van der Waals surface area (Å²) in [5.41, 5.74) is 2.08. The van der Waals surface area contributed by atoms with Gasteiger partial charge in [0.05, 0.1) is 6.61 Å². The molecule has 0 amide bonds. The van der Waals surface area contributed by atoms with Crippen LogP contribution in [0, 0.1) is 0 Å². The summed E-state index contributed by atoms with van der Waals surface area (Å²) < 4.78 is 7.20. The molecule has 1 aromatic carbocycles. The molecule has 0 aliphatic rings. The molecular weight excluding hydrogens is 336 g/mol. The largest absolute Gasteiger partial charge is 0.465 e. The van der Waals surface area contributed by atoms with Gasteiger partial charge in [-0.05, 0) is 26.3 Å². The van der Waals surface area contributed by atoms with Crippen molar-refractivity contribution in [1.29, 1.82) is 0 Å². The summed E-state index contributed by atoms with van der Waals surface area (Å²) in [7, 11) is 0. The van der Waals surface area contributed by atoms with Gasteiger partial charge in [-0.25, -0.2) is 0 Å². The van der Waals surface area contributed by atoms with Crippen molar-refractivity contribution >= 4 is 28.6 Å². The van der Waals surface area contributed by atoms with E-state index in [1.54, 1.807) is 0 Å². The first-order chi connectivity index (χ1) is 12.2. The molecule has 0 unspecified atom stereocenters. The summed E-state index contributed by atoms with van der Waals surface area (Å²) in [6.45, 7) is 6.96. The van der Waals surface area contributed by atoms with Crippen LogP contribution in [0.4, 0.5) is 0 Å². The second-order valence-electron chi connectivity index (χ2n) is 5.57. The summed E-state index contributed by atoms with van der Waals surface area (Å²) >= 11 is 1.42. The summed E-state index contributed by atoms with van der Waals surface area (Å²) in [4.78, 5) is 15.4. The highest BCUT2D eigenvalue weighted by molar-refractivity contribution is 8.00. The predicted molar refractivity (Wildman–Crippen MR) is 99.6 cm³/mol. The van der Waals surface area contributed by atoms with Crippen LogP contribution in [-0.4, -0.2) is 37.6 Å². The zero-order valence-corrected chi connectivity index (χ0v) is 15.5. The molecule has 0 fully saturated rings. The van der Waals surface area contributed by atoms with Crippen molar-refractivity contribution < 1.29 is 9.53 Å². The van der Waals surface area contributed by atoms with Crippen molar-refractivity contribution in [2.24, 2.45) is 0 Å². The van der Waals surface area contributed by atoms with Crippen molar-refractivity contribution in [1.82, 2.24) is 19.7 Å². The van der Waals surface area contributed by atoms with Crippen molar-refractivity contribution in [3.05, 3.63) is 30.5 Å². The van der Waals surface area contributed by atoms with E-state index in [1.807, 2.05) is 42.8 Å². The molecule has 1 atom stereocenters. The van der Waals surface area contributed by atoms with Crippen LogP contribution < -0.4 is 0 Å². The Morgan fingerprint density at radius 1 is 1.28 bits per heavy atom. The van der Waals surface area contributed by atoms with Crippen molar-refractivity contribution in [3.8, 4) is 11.4 Å². The zero-order chi connectivity index (χ0) is 17.8. The van der Waals surface area contributed by atoms with Crippen LogP contribution in [0.25, 0.3) is 22.3 Å². The van der Waals surface area contributed by atoms with Crippen LogP contribution >= 0.6 is 11.8 Å². The van der Waals surface area contributed by atoms with E-state index in [1.165, 1.54) is 11.8 Å². The molecule has 0 aliphatic heterocycles. The quantitative estimate of drug-likeness (QED) is 0.512. The number of carbonyl (C=O) groups excluding carboxylic acids is 1. The maximum Gasteiger partial charge on any atom is 0.319 e. The van der Waals surface area contributed by atoms with Gasteiger partial charge < -0.3 is 14.3 Å². The Bertz CT molecular complexity index is 871. The smallest absolute Gasteiger partial charge is 0.319 e. The molecule has 6 nitrogen and oxygen atoms in total. The molecule has 132 valence electrons. The van der Waals surface area contributed by atoms with Crippen LogP contribution in [0.5, 0.6) is 0 Å². The molecule has 25 heavy (non-hydrogen) atoms. The minimum Gasteiger partial charge on any atom is -0.465 e. The lowest BCUT2D eigenvalue weighted by Crippen LogP contribution is -2.20. The Morgan fingerprint density at radius 3 is 2.80 bits per heavy atom. The van der Waals surface area contributed by atoms with Crippen molar-refractivity contribution in [2.75, 3.05) is 6.61 Å². The van der Waals surface area contributed by atoms with Crippen molar-refractivity contribution in [2.45, 2.75) is 44.1 Å². The lowest BCUT2D eigenvalue weighted by molar-refractivity contribution is -0.142. The van der Waals surface area contributed by atoms with Gasteiger partial charge in [-0.15, -0.1) is 10.2 Å². The van der Waals surface area contributed by atoms with Crippen LogP contribution in [0.15, 0.2) is 35.6 Å². The minimum absolute atomic E-state index is 0.200. The van der Waals surface area contributed by atoms with Gasteiger partial charge in [-0.2, -0.15) is 0 Å². The molecule has 7 heteroatoms. The molecule has 0 spiro atoms. The van der Waals surface area contributed by atoms with Gasteiger partial charge in [0.25, 0.3) is 0 Å². The SMILES string of the molecule is CCOC(=O)[C@@H](CC)Sc1nnc(-c2c[nH]c3ccccc23)n1CC. The fourth-order valence-corrected chi connectivity index (χ4v) is 3.79. The topological polar surface area (TPSA) is 72.8 Å². The highest BCUT2D eigenvalue weighted by Crippen LogP contribution is 2.32. The third kappa shape index (κ3) is 3.42. The highest BCUT2D eigenvalue weighted by Gasteiger charge is 2.24. The lowest BCUT2D eigenvalue weighted by atomic mass is 10.1. The number of nitrogens with zero attached hydrogens (tertiary/aromatic N) is 3. The maximum absolute atomic E-state index is 12.1. The number of para-hydroxylation sites is 1. The van der Waals surface area contributed by atoms with Gasteiger partial charge in [0.15, 0.2) is 11.0 Å². The number of fused-ring (bicyclic) bond motifs is 1. The van der Waals surface area contributed by atoms with Gasteiger partial charge in [0, 0.05) is 29.2 Å². The second kappa shape index (κ2) is 7.74. The number of nitrogens with one attached hydrogen (secondary N) is 1. The molecule has 3 aromatic rings. The van der Waals surface area contributed by atoms with Crippen LogP contribution in [0.1, 0.15) is 27.2 Å². The summed E-state index contributed by atoms with van der Waals surface area (Å²) in [6.07, 6.45) is 2.64. The number of H-pyrrole nitrogens is 1. The first-order valence-electron chi connectivity index (χ1n) is 8.52. The summed E-state index contributed by atoms with van der Waals surface area (Å²) in [5.74, 6) is 0.607. The number of esters is 1. The normalized spacial score (nSPS) is 12.4. The zero-order valence-electron chi connectivity index (χ0n) is 14.7. The molecular formula is C18H22N4O2S. The van der Waals surface area contributed by atoms with Gasteiger partial charge in [0.1, 0.15) is 5.25 Å². The van der Waals surface area contributed by atoms with Crippen LogP contribution in [0.3, 0.4) is 0 Å². The van der Waals surface area contributed by atoms with E-state index in [9.17, 15) is 4.79 Å². The lowest BCUT2D eigenvalue weighted by Gasteiger charge is -2.13. The van der Waals surface area contributed by atoms with Gasteiger partial charge in [-0.1, -0.05) is 36.9 Å². The Hall–Kier alpha value is -2.28. The Labute approximate surface area is 151 Å². The number of thioether (sulfide) groups is 1. The molecule has 1 N–H and O–H groups in total. The Kier molecular flexibility index (Phi) is 5.43. The van der Waals surface area contributed by atoms with E-state index in [2.05, 4.69) is 28.2 Å². The maximum atomic E-state index is 12.1. The van der Waals surface area contributed by atoms with Crippen LogP contribution in [0.2, 0.25) is 0 Å². The van der Waals surface area contributed by atoms with E-state index in [-0.39, 0.29) is 11.2 Å². The predicted octanol–water partition coefficient (Wildman–Crippen LogP) is 3.88. The standard InChI is InChI=1S/C18H22N4O2S/c1-4-15(17(23)24-6-3)25-18-21-20-16(22(18)5-2)13-11-19-14-10-8-7-9-12(13)14/h7-11,15,19H,4-6H2,1-3H3/t15-/m1/s1. The number of hydrogen-bond acceptors (Lipinski definition) is 5. The molecule has 0 saturated heterocycles. The summed E-state index contributed by atoms with van der Waals surface area (Å²) in [6, 6.07) is 8.11. The van der Waals surface area contributed by atoms with E-state index in [4.69, 9.17) is 4.74 Å². The Morgan fingerprint density at radius 2 is 2.08 bits per heavy atom. The fraction of sp³-hybridized carbons (Fsp3) is 0.389. The molecule has 0 aliphatic carbocycles. The first kappa shape index (κ1) is 17.5. The van der Waals surface area contributed by atoms with Gasteiger partial charge in [0.2, 0.25) is 0 Å². The van der Waals surface area contributed by atoms with E-state index in [0.717, 1.165) is 34.0 Å². The molecule has 0 saturated carbocycles. The first-order valence-corrected chi connectivity index (χ1v) is 9.40. The fourth-order valence-electron chi connectivity index (χ4n) is 2.78. The third-order valence-electron chi connectivity index (χ3n) is 4.03. The highest BCUT2D eigenvalue weighted by atomic mass is 32.2. The molecule has 3 rings (SSSR count). The second-order valence-corrected chi connectivity index (χ2v) is 6.74. The average molecular weight is 358 g/mol. The van der Waals surface area contributed by atoms with Gasteiger partial charge >= 0.3 is 5.97 Å². The average Bonchev–Trinajstić information content (AvgIpc) is 3.22.